The summed E-state index contributed by atoms with van der Waals surface area (Å²) >= 11 is 15.1. The van der Waals surface area contributed by atoms with Gasteiger partial charge in [-0.2, -0.15) is 5.21 Å². The summed E-state index contributed by atoms with van der Waals surface area (Å²) in [5, 5.41) is 13.8. The van der Waals surface area contributed by atoms with Gasteiger partial charge < -0.3 is 0 Å². The van der Waals surface area contributed by atoms with Crippen molar-refractivity contribution in [3.63, 3.8) is 0 Å². The molecular formula is C20H14BrCl2FN6O4S2. The van der Waals surface area contributed by atoms with Crippen molar-refractivity contribution >= 4 is 77.1 Å². The monoisotopic (exact) mass is 634 g/mol. The van der Waals surface area contributed by atoms with Gasteiger partial charge in [-0.05, 0) is 82.2 Å². The van der Waals surface area contributed by atoms with Crippen LogP contribution < -0.4 is 9.03 Å². The van der Waals surface area contributed by atoms with Gasteiger partial charge in [-0.25, -0.2) is 25.5 Å². The molecule has 2 N–H and O–H groups in total. The number of thiol groups is 1. The van der Waals surface area contributed by atoms with Crippen LogP contribution in [0.15, 0.2) is 57.9 Å². The molecule has 0 bridgehead atoms. The number of hydrogen-bond donors (Lipinski definition) is 3. The van der Waals surface area contributed by atoms with Crippen LogP contribution in [0.3, 0.4) is 0 Å². The third-order valence-electron chi connectivity index (χ3n) is 4.85. The summed E-state index contributed by atoms with van der Waals surface area (Å²) in [7, 11) is -7.54. The highest BCUT2D eigenvalue weighted by atomic mass is 79.9. The van der Waals surface area contributed by atoms with Gasteiger partial charge in [0, 0.05) is 15.6 Å². The van der Waals surface area contributed by atoms with E-state index >= 15 is 0 Å². The lowest BCUT2D eigenvalue weighted by Gasteiger charge is -2.20. The molecule has 0 fully saturated rings. The highest BCUT2D eigenvalue weighted by molar-refractivity contribution is 9.10. The quantitative estimate of drug-likeness (QED) is 0.247. The Morgan fingerprint density at radius 1 is 1.06 bits per heavy atom. The number of hydrogen-bond acceptors (Lipinski definition) is 7. The third kappa shape index (κ3) is 5.47. The Kier molecular flexibility index (Phi) is 7.52. The number of aromatic amines is 1. The van der Waals surface area contributed by atoms with Crippen LogP contribution in [0.1, 0.15) is 5.56 Å². The van der Waals surface area contributed by atoms with E-state index < -0.39 is 26.7 Å². The molecule has 0 saturated carbocycles. The second kappa shape index (κ2) is 10.3. The van der Waals surface area contributed by atoms with Gasteiger partial charge in [-0.3, -0.25) is 4.72 Å². The molecular weight excluding hydrogens is 622 g/mol. The maximum atomic E-state index is 13.8. The van der Waals surface area contributed by atoms with E-state index in [2.05, 4.69) is 41.3 Å². The second-order valence-electron chi connectivity index (χ2n) is 7.28. The summed E-state index contributed by atoms with van der Waals surface area (Å²) in [6, 6.07) is 10.4. The van der Waals surface area contributed by atoms with Gasteiger partial charge in [0.05, 0.1) is 26.4 Å². The molecule has 0 spiro atoms. The molecule has 0 unspecified atom stereocenters. The van der Waals surface area contributed by atoms with Crippen molar-refractivity contribution in [2.75, 3.05) is 9.03 Å². The Morgan fingerprint density at radius 2 is 1.75 bits per heavy atom. The minimum absolute atomic E-state index is 0.0532. The van der Waals surface area contributed by atoms with Gasteiger partial charge in [-0.15, -0.1) is 10.2 Å². The highest BCUT2D eigenvalue weighted by Gasteiger charge is 2.25. The number of halogens is 4. The highest BCUT2D eigenvalue weighted by Crippen LogP contribution is 2.36. The van der Waals surface area contributed by atoms with E-state index in [0.717, 1.165) is 4.31 Å². The maximum absolute atomic E-state index is 13.8. The Balaban J connectivity index is 1.86. The van der Waals surface area contributed by atoms with Crippen LogP contribution in [0.4, 0.5) is 21.5 Å². The number of aromatic nitrogens is 4. The molecule has 36 heavy (non-hydrogen) atoms. The van der Waals surface area contributed by atoms with Crippen molar-refractivity contribution < 1.29 is 21.2 Å². The first-order chi connectivity index (χ1) is 17.0. The Labute approximate surface area is 224 Å². The van der Waals surface area contributed by atoms with Gasteiger partial charge >= 0.3 is 0 Å². The molecule has 1 heterocycles. The van der Waals surface area contributed by atoms with E-state index in [1.807, 2.05) is 0 Å². The van der Waals surface area contributed by atoms with Crippen molar-refractivity contribution in [2.45, 2.75) is 11.8 Å². The first-order valence-electron chi connectivity index (χ1n) is 9.73. The van der Waals surface area contributed by atoms with E-state index in [9.17, 15) is 21.2 Å². The molecule has 4 aromatic rings. The fraction of sp³-hybridized carbons (Fsp3) is 0.0500. The summed E-state index contributed by atoms with van der Waals surface area (Å²) < 4.78 is 68.3. The lowest BCUT2D eigenvalue weighted by molar-refractivity contribution is 0.601. The van der Waals surface area contributed by atoms with Gasteiger partial charge in [0.15, 0.2) is 0 Å². The standard InChI is InChI=1S/C20H14BrCl2FN6O4S2/c1-10-4-17(24)16(21)9-18(10)27-36(33,34)19-3-2-13(8-15(19)20-25-28-29-26-20)30(35(31)32)14-6-11(22)5-12(23)7-14/h2-9,27,35H,1H3,(H,25,26,28,29). The molecule has 0 aliphatic carbocycles. The predicted molar refractivity (Wildman–Crippen MR) is 138 cm³/mol. The molecule has 0 radical (unpaired) electrons. The topological polar surface area (TPSA) is 138 Å². The molecule has 0 amide bonds. The van der Waals surface area contributed by atoms with E-state index in [1.54, 1.807) is 0 Å². The maximum Gasteiger partial charge on any atom is 0.262 e. The van der Waals surface area contributed by atoms with E-state index in [0.29, 0.717) is 5.56 Å². The third-order valence-corrected chi connectivity index (χ3v) is 8.11. The average Bonchev–Trinajstić information content (AvgIpc) is 3.31. The number of anilines is 3. The van der Waals surface area contributed by atoms with Gasteiger partial charge in [0.25, 0.3) is 10.0 Å². The normalized spacial score (nSPS) is 11.6. The molecule has 0 saturated heterocycles. The summed E-state index contributed by atoms with van der Waals surface area (Å²) in [4.78, 5) is -0.280. The zero-order valence-corrected chi connectivity index (χ0v) is 22.7. The summed E-state index contributed by atoms with van der Waals surface area (Å²) in [6.07, 6.45) is 0. The number of nitrogens with one attached hydrogen (secondary N) is 2. The molecule has 188 valence electrons. The summed E-state index contributed by atoms with van der Waals surface area (Å²) in [6.45, 7) is 1.54. The van der Waals surface area contributed by atoms with Crippen molar-refractivity contribution in [3.8, 4) is 11.4 Å². The lowest BCUT2D eigenvalue weighted by Crippen LogP contribution is -2.17. The first-order valence-corrected chi connectivity index (χ1v) is 13.9. The van der Waals surface area contributed by atoms with Crippen LogP contribution in [0.2, 0.25) is 10.0 Å². The largest absolute Gasteiger partial charge is 0.279 e. The van der Waals surface area contributed by atoms with Crippen molar-refractivity contribution in [3.05, 3.63) is 74.4 Å². The van der Waals surface area contributed by atoms with Crippen molar-refractivity contribution in [2.24, 2.45) is 0 Å². The summed E-state index contributed by atoms with van der Waals surface area (Å²) in [5.74, 6) is -0.667. The van der Waals surface area contributed by atoms with E-state index in [-0.39, 0.29) is 47.9 Å². The number of benzene rings is 3. The number of rotatable bonds is 7. The molecule has 1 aromatic heterocycles. The zero-order chi connectivity index (χ0) is 26.2. The van der Waals surface area contributed by atoms with Gasteiger partial charge in [-0.1, -0.05) is 23.2 Å². The fourth-order valence-corrected chi connectivity index (χ4v) is 6.07. The number of nitrogens with zero attached hydrogens (tertiary/aromatic N) is 4. The smallest absolute Gasteiger partial charge is 0.262 e. The fourth-order valence-electron chi connectivity index (χ4n) is 3.29. The molecule has 0 atom stereocenters. The van der Waals surface area contributed by atoms with Crippen LogP contribution in [-0.4, -0.2) is 37.5 Å². The number of sulfonamides is 1. The summed E-state index contributed by atoms with van der Waals surface area (Å²) in [5.41, 5.74) is 0.600. The second-order valence-corrected chi connectivity index (χ2v) is 11.5. The zero-order valence-electron chi connectivity index (χ0n) is 17.9. The molecule has 3 aromatic carbocycles. The Morgan fingerprint density at radius 3 is 2.36 bits per heavy atom. The van der Waals surface area contributed by atoms with Crippen LogP contribution in [0.5, 0.6) is 0 Å². The number of H-pyrrole nitrogens is 1. The molecule has 16 heteroatoms. The predicted octanol–water partition coefficient (Wildman–Crippen LogP) is 4.85. The molecule has 0 aliphatic heterocycles. The Bertz CT molecular complexity index is 1620. The van der Waals surface area contributed by atoms with E-state index in [4.69, 9.17) is 23.2 Å². The van der Waals surface area contributed by atoms with Gasteiger partial charge in [0.2, 0.25) is 16.7 Å². The van der Waals surface area contributed by atoms with Crippen LogP contribution in [-0.2, 0) is 20.9 Å². The SMILES string of the molecule is Cc1cc(F)c(Br)cc1NS(=O)(=O)c1ccc(N(c2cc(Cl)cc(Cl)c2)[SH](=O)=O)cc1-c1nn[nH]n1. The first kappa shape index (κ1) is 26.3. The van der Waals surface area contributed by atoms with Crippen molar-refractivity contribution in [1.82, 2.24) is 20.6 Å². The van der Waals surface area contributed by atoms with Crippen LogP contribution >= 0.6 is 39.1 Å². The Hall–Kier alpha value is -2.78. The van der Waals surface area contributed by atoms with Crippen molar-refractivity contribution in [1.29, 1.82) is 0 Å². The van der Waals surface area contributed by atoms with Crippen LogP contribution in [0.25, 0.3) is 11.4 Å². The average molecular weight is 636 g/mol. The minimum atomic E-state index is -4.29. The van der Waals surface area contributed by atoms with E-state index in [1.165, 1.54) is 55.5 Å². The number of tetrazole rings is 1. The minimum Gasteiger partial charge on any atom is -0.279 e. The van der Waals surface area contributed by atoms with Crippen LogP contribution in [0, 0.1) is 12.7 Å². The molecule has 4 rings (SSSR count). The molecule has 10 nitrogen and oxygen atoms in total. The lowest BCUT2D eigenvalue weighted by atomic mass is 10.2. The van der Waals surface area contributed by atoms with Gasteiger partial charge in [0.1, 0.15) is 5.82 Å². The molecule has 0 aliphatic rings. The number of aryl methyl sites for hydroxylation is 1.